The smallest absolute Gasteiger partial charge is 0.225 e. The zero-order valence-electron chi connectivity index (χ0n) is 11.1. The Morgan fingerprint density at radius 2 is 1.94 bits per heavy atom. The van der Waals surface area contributed by atoms with Crippen molar-refractivity contribution in [1.82, 2.24) is 15.3 Å². The molecule has 1 fully saturated rings. The number of anilines is 2. The molecule has 2 heterocycles. The van der Waals surface area contributed by atoms with Crippen LogP contribution in [0.25, 0.3) is 0 Å². The maximum atomic E-state index is 6.32. The molecule has 0 amide bonds. The van der Waals surface area contributed by atoms with E-state index in [9.17, 15) is 0 Å². The highest BCUT2D eigenvalue weighted by Crippen LogP contribution is 2.27. The summed E-state index contributed by atoms with van der Waals surface area (Å²) in [6, 6.07) is 0.307. The first-order chi connectivity index (χ1) is 8.58. The number of halogens is 1. The average molecular weight is 270 g/mol. The lowest BCUT2D eigenvalue weighted by Crippen LogP contribution is -2.44. The SMILES string of the molecule is Cc1nc(NC(C)C)nc(N2CCNCC2)c1Cl. The Morgan fingerprint density at radius 1 is 1.28 bits per heavy atom. The van der Waals surface area contributed by atoms with Crippen LogP contribution in [0.1, 0.15) is 19.5 Å². The number of hydrogen-bond acceptors (Lipinski definition) is 5. The largest absolute Gasteiger partial charge is 0.353 e. The van der Waals surface area contributed by atoms with Crippen molar-refractivity contribution in [2.24, 2.45) is 0 Å². The fraction of sp³-hybridized carbons (Fsp3) is 0.667. The number of nitrogens with zero attached hydrogens (tertiary/aromatic N) is 3. The predicted molar refractivity (Wildman–Crippen MR) is 75.6 cm³/mol. The first kappa shape index (κ1) is 13.4. The summed E-state index contributed by atoms with van der Waals surface area (Å²) in [5, 5.41) is 7.21. The van der Waals surface area contributed by atoms with E-state index in [-0.39, 0.29) is 0 Å². The number of aromatic nitrogens is 2. The lowest BCUT2D eigenvalue weighted by Gasteiger charge is -2.29. The van der Waals surface area contributed by atoms with Gasteiger partial charge in [0, 0.05) is 32.2 Å². The fourth-order valence-corrected chi connectivity index (χ4v) is 2.16. The molecule has 1 aromatic rings. The molecule has 100 valence electrons. The normalized spacial score (nSPS) is 16.2. The number of aryl methyl sites for hydroxylation is 1. The van der Waals surface area contributed by atoms with E-state index in [1.54, 1.807) is 0 Å². The Labute approximate surface area is 113 Å². The van der Waals surface area contributed by atoms with Gasteiger partial charge in [-0.3, -0.25) is 0 Å². The van der Waals surface area contributed by atoms with Crippen LogP contribution in [-0.2, 0) is 0 Å². The quantitative estimate of drug-likeness (QED) is 0.874. The van der Waals surface area contributed by atoms with Crippen LogP contribution in [0.2, 0.25) is 5.02 Å². The Balaban J connectivity index is 2.29. The Kier molecular flexibility index (Phi) is 4.24. The molecule has 0 bridgehead atoms. The summed E-state index contributed by atoms with van der Waals surface area (Å²) in [4.78, 5) is 11.1. The summed E-state index contributed by atoms with van der Waals surface area (Å²) in [7, 11) is 0. The maximum absolute atomic E-state index is 6.32. The van der Waals surface area contributed by atoms with E-state index in [1.165, 1.54) is 0 Å². The van der Waals surface area contributed by atoms with Gasteiger partial charge >= 0.3 is 0 Å². The Morgan fingerprint density at radius 3 is 2.56 bits per heavy atom. The summed E-state index contributed by atoms with van der Waals surface area (Å²) in [5.74, 6) is 1.49. The van der Waals surface area contributed by atoms with E-state index < -0.39 is 0 Å². The third kappa shape index (κ3) is 3.03. The molecule has 1 saturated heterocycles. The highest BCUT2D eigenvalue weighted by Gasteiger charge is 2.18. The van der Waals surface area contributed by atoms with Gasteiger partial charge in [-0.05, 0) is 20.8 Å². The zero-order chi connectivity index (χ0) is 13.1. The van der Waals surface area contributed by atoms with Crippen molar-refractivity contribution in [2.75, 3.05) is 36.4 Å². The predicted octanol–water partition coefficient (Wildman–Crippen LogP) is 1.67. The van der Waals surface area contributed by atoms with E-state index >= 15 is 0 Å². The van der Waals surface area contributed by atoms with Crippen LogP contribution >= 0.6 is 11.6 Å². The second-order valence-corrected chi connectivity index (χ2v) is 5.18. The first-order valence-electron chi connectivity index (χ1n) is 6.34. The standard InChI is InChI=1S/C12H20ClN5/c1-8(2)15-12-16-9(3)10(13)11(17-12)18-6-4-14-5-7-18/h8,14H,4-7H2,1-3H3,(H,15,16,17). The second kappa shape index (κ2) is 5.71. The molecule has 1 aliphatic rings. The van der Waals surface area contributed by atoms with Crippen molar-refractivity contribution in [2.45, 2.75) is 26.8 Å². The van der Waals surface area contributed by atoms with Crippen LogP contribution in [0.3, 0.4) is 0 Å². The van der Waals surface area contributed by atoms with Gasteiger partial charge in [0.05, 0.1) is 5.69 Å². The minimum Gasteiger partial charge on any atom is -0.353 e. The molecule has 0 aromatic carbocycles. The van der Waals surface area contributed by atoms with Crippen LogP contribution in [0, 0.1) is 6.92 Å². The summed E-state index contributed by atoms with van der Waals surface area (Å²) in [6.07, 6.45) is 0. The number of rotatable bonds is 3. The highest BCUT2D eigenvalue weighted by atomic mass is 35.5. The first-order valence-corrected chi connectivity index (χ1v) is 6.72. The molecule has 0 aliphatic carbocycles. The summed E-state index contributed by atoms with van der Waals surface area (Å²) in [5.41, 5.74) is 0.823. The van der Waals surface area contributed by atoms with Gasteiger partial charge in [0.25, 0.3) is 0 Å². The molecule has 18 heavy (non-hydrogen) atoms. The molecule has 1 aromatic heterocycles. The van der Waals surface area contributed by atoms with Gasteiger partial charge in [0.15, 0.2) is 5.82 Å². The average Bonchev–Trinajstić information content (AvgIpc) is 2.34. The molecule has 1 aliphatic heterocycles. The van der Waals surface area contributed by atoms with E-state index in [0.717, 1.165) is 37.7 Å². The second-order valence-electron chi connectivity index (χ2n) is 4.81. The van der Waals surface area contributed by atoms with Gasteiger partial charge in [-0.25, -0.2) is 4.98 Å². The van der Waals surface area contributed by atoms with Gasteiger partial charge in [-0.15, -0.1) is 0 Å². The Hall–Kier alpha value is -1.07. The van der Waals surface area contributed by atoms with E-state index in [4.69, 9.17) is 11.6 Å². The molecule has 2 N–H and O–H groups in total. The minimum absolute atomic E-state index is 0.307. The van der Waals surface area contributed by atoms with Crippen LogP contribution in [0.5, 0.6) is 0 Å². The van der Waals surface area contributed by atoms with Crippen molar-refractivity contribution in [3.8, 4) is 0 Å². The highest BCUT2D eigenvalue weighted by molar-refractivity contribution is 6.33. The molecule has 0 atom stereocenters. The summed E-state index contributed by atoms with van der Waals surface area (Å²) in [6.45, 7) is 9.84. The third-order valence-corrected chi connectivity index (χ3v) is 3.28. The lowest BCUT2D eigenvalue weighted by molar-refractivity contribution is 0.584. The summed E-state index contributed by atoms with van der Waals surface area (Å²) < 4.78 is 0. The molecule has 0 spiro atoms. The lowest BCUT2D eigenvalue weighted by atomic mass is 10.3. The van der Waals surface area contributed by atoms with Crippen molar-refractivity contribution in [3.05, 3.63) is 10.7 Å². The van der Waals surface area contributed by atoms with E-state index in [0.29, 0.717) is 17.0 Å². The van der Waals surface area contributed by atoms with Crippen molar-refractivity contribution < 1.29 is 0 Å². The minimum atomic E-state index is 0.307. The molecular formula is C12H20ClN5. The molecule has 0 radical (unpaired) electrons. The van der Waals surface area contributed by atoms with Gasteiger partial charge in [0.1, 0.15) is 5.02 Å². The molecule has 0 saturated carbocycles. The van der Waals surface area contributed by atoms with Crippen molar-refractivity contribution in [1.29, 1.82) is 0 Å². The number of hydrogen-bond donors (Lipinski definition) is 2. The summed E-state index contributed by atoms with van der Waals surface area (Å²) >= 11 is 6.32. The maximum Gasteiger partial charge on any atom is 0.225 e. The molecule has 5 nitrogen and oxygen atoms in total. The van der Waals surface area contributed by atoms with Crippen LogP contribution in [0.4, 0.5) is 11.8 Å². The number of piperazine rings is 1. The topological polar surface area (TPSA) is 53.1 Å². The van der Waals surface area contributed by atoms with Gasteiger partial charge in [-0.1, -0.05) is 11.6 Å². The number of nitrogens with one attached hydrogen (secondary N) is 2. The third-order valence-electron chi connectivity index (χ3n) is 2.83. The van der Waals surface area contributed by atoms with Crippen molar-refractivity contribution in [3.63, 3.8) is 0 Å². The van der Waals surface area contributed by atoms with Gasteiger partial charge in [-0.2, -0.15) is 4.98 Å². The van der Waals surface area contributed by atoms with Crippen LogP contribution in [-0.4, -0.2) is 42.2 Å². The zero-order valence-corrected chi connectivity index (χ0v) is 11.9. The molecule has 6 heteroatoms. The van der Waals surface area contributed by atoms with E-state index in [2.05, 4.69) is 39.3 Å². The molecule has 2 rings (SSSR count). The molecular weight excluding hydrogens is 250 g/mol. The fourth-order valence-electron chi connectivity index (χ4n) is 1.95. The Bertz CT molecular complexity index is 415. The van der Waals surface area contributed by atoms with Gasteiger partial charge in [0.2, 0.25) is 5.95 Å². The van der Waals surface area contributed by atoms with Gasteiger partial charge < -0.3 is 15.5 Å². The monoisotopic (exact) mass is 269 g/mol. The van der Waals surface area contributed by atoms with Crippen molar-refractivity contribution >= 4 is 23.4 Å². The van der Waals surface area contributed by atoms with E-state index in [1.807, 2.05) is 6.92 Å². The van der Waals surface area contributed by atoms with Crippen LogP contribution < -0.4 is 15.5 Å². The molecule has 0 unspecified atom stereocenters. The van der Waals surface area contributed by atoms with Crippen LogP contribution in [0.15, 0.2) is 0 Å².